The van der Waals surface area contributed by atoms with Gasteiger partial charge < -0.3 is 5.73 Å². The largest absolute Gasteiger partial charge is 0.322 e. The van der Waals surface area contributed by atoms with Crippen molar-refractivity contribution < 1.29 is 4.79 Å². The fraction of sp³-hybridized carbons (Fsp3) is 0.889. The Morgan fingerprint density at radius 3 is 2.27 bits per heavy atom. The van der Waals surface area contributed by atoms with Crippen LogP contribution < -0.4 is 5.73 Å². The highest BCUT2D eigenvalue weighted by Crippen LogP contribution is 2.06. The molecule has 11 heavy (non-hydrogen) atoms. The SMILES string of the molecule is CC(C)CCCC(=O)C(C)N. The quantitative estimate of drug-likeness (QED) is 0.660. The van der Waals surface area contributed by atoms with Crippen molar-refractivity contribution in [2.45, 2.75) is 46.1 Å². The summed E-state index contributed by atoms with van der Waals surface area (Å²) in [5, 5.41) is 0. The summed E-state index contributed by atoms with van der Waals surface area (Å²) in [5.74, 6) is 0.876. The van der Waals surface area contributed by atoms with E-state index in [9.17, 15) is 4.79 Å². The third-order valence-electron chi connectivity index (χ3n) is 1.71. The molecule has 2 nitrogen and oxygen atoms in total. The van der Waals surface area contributed by atoms with Gasteiger partial charge in [0.1, 0.15) is 5.78 Å². The van der Waals surface area contributed by atoms with Crippen LogP contribution in [0.4, 0.5) is 0 Å². The summed E-state index contributed by atoms with van der Waals surface area (Å²) in [4.78, 5) is 11.0. The molecule has 1 atom stereocenters. The topological polar surface area (TPSA) is 43.1 Å². The molecule has 0 bridgehead atoms. The van der Waals surface area contributed by atoms with E-state index in [-0.39, 0.29) is 11.8 Å². The maximum absolute atomic E-state index is 11.0. The van der Waals surface area contributed by atoms with E-state index < -0.39 is 0 Å². The van der Waals surface area contributed by atoms with Crippen molar-refractivity contribution in [3.8, 4) is 0 Å². The predicted octanol–water partition coefficient (Wildman–Crippen LogP) is 1.73. The Balaban J connectivity index is 3.32. The average molecular weight is 157 g/mol. The lowest BCUT2D eigenvalue weighted by molar-refractivity contribution is -0.120. The summed E-state index contributed by atoms with van der Waals surface area (Å²) in [5.41, 5.74) is 5.40. The smallest absolute Gasteiger partial charge is 0.149 e. The summed E-state index contributed by atoms with van der Waals surface area (Å²) < 4.78 is 0. The molecule has 0 spiro atoms. The monoisotopic (exact) mass is 157 g/mol. The van der Waals surface area contributed by atoms with Crippen LogP contribution in [0.2, 0.25) is 0 Å². The first kappa shape index (κ1) is 10.6. The summed E-state index contributed by atoms with van der Waals surface area (Å²) in [7, 11) is 0. The molecule has 0 rings (SSSR count). The fourth-order valence-electron chi connectivity index (χ4n) is 0.912. The van der Waals surface area contributed by atoms with Gasteiger partial charge in [-0.15, -0.1) is 0 Å². The van der Waals surface area contributed by atoms with Crippen molar-refractivity contribution in [2.24, 2.45) is 11.7 Å². The first-order chi connectivity index (χ1) is 5.04. The molecule has 2 N–H and O–H groups in total. The third kappa shape index (κ3) is 6.05. The zero-order chi connectivity index (χ0) is 8.85. The number of ketones is 1. The molecule has 0 fully saturated rings. The molecule has 1 unspecified atom stereocenters. The molecular weight excluding hydrogens is 138 g/mol. The van der Waals surface area contributed by atoms with Crippen molar-refractivity contribution >= 4 is 5.78 Å². The number of nitrogens with two attached hydrogens (primary N) is 1. The van der Waals surface area contributed by atoms with Crippen LogP contribution >= 0.6 is 0 Å². The molecular formula is C9H19NO. The second-order valence-electron chi connectivity index (χ2n) is 3.54. The number of rotatable bonds is 5. The average Bonchev–Trinajstić information content (AvgIpc) is 1.86. The van der Waals surface area contributed by atoms with E-state index >= 15 is 0 Å². The Bertz CT molecular complexity index is 119. The zero-order valence-corrected chi connectivity index (χ0v) is 7.76. The molecule has 2 heteroatoms. The molecule has 0 amide bonds. The molecule has 0 heterocycles. The van der Waals surface area contributed by atoms with E-state index in [2.05, 4.69) is 13.8 Å². The maximum atomic E-state index is 11.0. The van der Waals surface area contributed by atoms with E-state index in [0.29, 0.717) is 12.3 Å². The van der Waals surface area contributed by atoms with E-state index in [1.165, 1.54) is 0 Å². The number of hydrogen-bond acceptors (Lipinski definition) is 2. The molecule has 0 aliphatic carbocycles. The minimum Gasteiger partial charge on any atom is -0.322 e. The highest BCUT2D eigenvalue weighted by Gasteiger charge is 2.06. The molecule has 0 aromatic rings. The Kier molecular flexibility index (Phi) is 5.12. The first-order valence-corrected chi connectivity index (χ1v) is 4.32. The molecule has 66 valence electrons. The summed E-state index contributed by atoms with van der Waals surface area (Å²) >= 11 is 0. The molecule has 0 radical (unpaired) electrons. The highest BCUT2D eigenvalue weighted by molar-refractivity contribution is 5.83. The molecule has 0 aromatic heterocycles. The van der Waals surface area contributed by atoms with Crippen molar-refractivity contribution in [1.29, 1.82) is 0 Å². The molecule has 0 aromatic carbocycles. The van der Waals surface area contributed by atoms with E-state index in [1.807, 2.05) is 0 Å². The van der Waals surface area contributed by atoms with Crippen LogP contribution in [0, 0.1) is 5.92 Å². The van der Waals surface area contributed by atoms with Crippen molar-refractivity contribution in [1.82, 2.24) is 0 Å². The van der Waals surface area contributed by atoms with Crippen LogP contribution in [-0.2, 0) is 4.79 Å². The van der Waals surface area contributed by atoms with E-state index in [1.54, 1.807) is 6.92 Å². The van der Waals surface area contributed by atoms with Gasteiger partial charge in [0.15, 0.2) is 0 Å². The third-order valence-corrected chi connectivity index (χ3v) is 1.71. The van der Waals surface area contributed by atoms with Gasteiger partial charge in [0.25, 0.3) is 0 Å². The number of hydrogen-bond donors (Lipinski definition) is 1. The Morgan fingerprint density at radius 1 is 1.36 bits per heavy atom. The minimum atomic E-state index is -0.276. The van der Waals surface area contributed by atoms with Crippen LogP contribution in [0.25, 0.3) is 0 Å². The second kappa shape index (κ2) is 5.30. The van der Waals surface area contributed by atoms with Gasteiger partial charge in [-0.2, -0.15) is 0 Å². The number of carbonyl (C=O) groups excluding carboxylic acids is 1. The van der Waals surface area contributed by atoms with E-state index in [4.69, 9.17) is 5.73 Å². The Labute approximate surface area is 69.2 Å². The minimum absolute atomic E-state index is 0.186. The molecule has 0 saturated carbocycles. The zero-order valence-electron chi connectivity index (χ0n) is 7.76. The van der Waals surface area contributed by atoms with Gasteiger partial charge in [-0.05, 0) is 19.3 Å². The summed E-state index contributed by atoms with van der Waals surface area (Å²) in [6.07, 6.45) is 2.76. The summed E-state index contributed by atoms with van der Waals surface area (Å²) in [6, 6.07) is -0.276. The Hall–Kier alpha value is -0.370. The Morgan fingerprint density at radius 2 is 1.91 bits per heavy atom. The molecule has 0 aliphatic heterocycles. The van der Waals surface area contributed by atoms with Crippen LogP contribution in [-0.4, -0.2) is 11.8 Å². The summed E-state index contributed by atoms with van der Waals surface area (Å²) in [6.45, 7) is 6.07. The lowest BCUT2D eigenvalue weighted by Crippen LogP contribution is -2.26. The standard InChI is InChI=1S/C9H19NO/c1-7(2)5-4-6-9(11)8(3)10/h7-8H,4-6,10H2,1-3H3. The van der Waals surface area contributed by atoms with Gasteiger partial charge in [-0.25, -0.2) is 0 Å². The van der Waals surface area contributed by atoms with Gasteiger partial charge in [0.05, 0.1) is 6.04 Å². The maximum Gasteiger partial charge on any atom is 0.149 e. The van der Waals surface area contributed by atoms with Gasteiger partial charge in [0, 0.05) is 6.42 Å². The van der Waals surface area contributed by atoms with E-state index in [0.717, 1.165) is 12.8 Å². The van der Waals surface area contributed by atoms with Crippen LogP contribution in [0.15, 0.2) is 0 Å². The normalized spacial score (nSPS) is 13.5. The van der Waals surface area contributed by atoms with Crippen LogP contribution in [0.1, 0.15) is 40.0 Å². The lowest BCUT2D eigenvalue weighted by atomic mass is 10.0. The second-order valence-corrected chi connectivity index (χ2v) is 3.54. The van der Waals surface area contributed by atoms with Gasteiger partial charge in [-0.1, -0.05) is 20.3 Å². The molecule has 0 saturated heterocycles. The fourth-order valence-corrected chi connectivity index (χ4v) is 0.912. The number of carbonyl (C=O) groups is 1. The highest BCUT2D eigenvalue weighted by atomic mass is 16.1. The van der Waals surface area contributed by atoms with Crippen LogP contribution in [0.3, 0.4) is 0 Å². The van der Waals surface area contributed by atoms with Crippen molar-refractivity contribution in [3.05, 3.63) is 0 Å². The van der Waals surface area contributed by atoms with Crippen molar-refractivity contribution in [3.63, 3.8) is 0 Å². The van der Waals surface area contributed by atoms with Gasteiger partial charge >= 0.3 is 0 Å². The molecule has 0 aliphatic rings. The first-order valence-electron chi connectivity index (χ1n) is 4.32. The predicted molar refractivity (Wildman–Crippen MR) is 47.3 cm³/mol. The number of Topliss-reactive ketones (excluding diaryl/α,β-unsaturated/α-hetero) is 1. The van der Waals surface area contributed by atoms with Gasteiger partial charge in [-0.3, -0.25) is 4.79 Å². The lowest BCUT2D eigenvalue weighted by Gasteiger charge is -2.05. The van der Waals surface area contributed by atoms with Gasteiger partial charge in [0.2, 0.25) is 0 Å². The van der Waals surface area contributed by atoms with Crippen LogP contribution in [0.5, 0.6) is 0 Å². The van der Waals surface area contributed by atoms with Crippen molar-refractivity contribution in [2.75, 3.05) is 0 Å².